The zero-order chi connectivity index (χ0) is 37.1. The van der Waals surface area contributed by atoms with Crippen molar-refractivity contribution >= 4 is 11.8 Å². The van der Waals surface area contributed by atoms with E-state index in [4.69, 9.17) is 28.4 Å². The van der Waals surface area contributed by atoms with Gasteiger partial charge in [-0.3, -0.25) is 9.59 Å². The van der Waals surface area contributed by atoms with Crippen LogP contribution in [0.1, 0.15) is 87.0 Å². The fraction of sp³-hybridized carbons (Fsp3) is 0.892. The smallest absolute Gasteiger partial charge is 0.308 e. The highest BCUT2D eigenvalue weighted by molar-refractivity contribution is 5.91. The Kier molecular flexibility index (Phi) is 14.5. The van der Waals surface area contributed by atoms with Gasteiger partial charge in [-0.1, -0.05) is 27.7 Å². The summed E-state index contributed by atoms with van der Waals surface area (Å²) < 4.78 is 37.1. The van der Waals surface area contributed by atoms with Crippen molar-refractivity contribution in [2.75, 3.05) is 20.7 Å². The molecule has 0 bridgehead atoms. The van der Waals surface area contributed by atoms with Crippen LogP contribution in [0, 0.1) is 23.7 Å². The number of cyclic esters (lactones) is 1. The first-order valence-electron chi connectivity index (χ1n) is 18.5. The summed E-state index contributed by atoms with van der Waals surface area (Å²) in [5, 5.41) is 43.6. The van der Waals surface area contributed by atoms with Crippen LogP contribution < -0.4 is 0 Å². The minimum atomic E-state index is -1.21. The third kappa shape index (κ3) is 9.71. The number of esters is 1. The van der Waals surface area contributed by atoms with Gasteiger partial charge in [0, 0.05) is 30.8 Å². The molecule has 4 N–H and O–H groups in total. The number of likely N-dealkylation sites (N-methyl/N-ethyl adjacent to an activating group) is 1. The van der Waals surface area contributed by atoms with Crippen molar-refractivity contribution in [2.24, 2.45) is 23.7 Å². The number of nitrogens with zero attached hydrogens (tertiary/aromatic N) is 1. The van der Waals surface area contributed by atoms with Crippen LogP contribution in [0.2, 0.25) is 0 Å². The summed E-state index contributed by atoms with van der Waals surface area (Å²) >= 11 is 0. The number of fused-ring (bicyclic) bond motifs is 1. The van der Waals surface area contributed by atoms with Crippen LogP contribution in [-0.2, 0) is 38.0 Å². The van der Waals surface area contributed by atoms with Crippen molar-refractivity contribution in [3.8, 4) is 0 Å². The molecule has 0 saturated carbocycles. The molecule has 0 aliphatic carbocycles. The monoisotopic (exact) mass is 713 g/mol. The number of ether oxygens (including phenoxy) is 6. The molecule has 0 spiro atoms. The van der Waals surface area contributed by atoms with Crippen molar-refractivity contribution in [3.05, 3.63) is 12.2 Å². The van der Waals surface area contributed by atoms with Gasteiger partial charge in [0.05, 0.1) is 49.1 Å². The molecule has 0 aromatic carbocycles. The van der Waals surface area contributed by atoms with E-state index in [9.17, 15) is 30.0 Å². The topological polar surface area (TPSA) is 177 Å². The van der Waals surface area contributed by atoms with Gasteiger partial charge in [-0.15, -0.1) is 0 Å². The van der Waals surface area contributed by atoms with Crippen molar-refractivity contribution in [3.63, 3.8) is 0 Å². The summed E-state index contributed by atoms with van der Waals surface area (Å²) in [7, 11) is 3.65. The Labute approximate surface area is 297 Å². The number of epoxide rings is 1. The van der Waals surface area contributed by atoms with Crippen molar-refractivity contribution < 1.29 is 58.4 Å². The lowest BCUT2D eigenvalue weighted by atomic mass is 9.79. The summed E-state index contributed by atoms with van der Waals surface area (Å²) in [4.78, 5) is 28.5. The van der Waals surface area contributed by atoms with Gasteiger partial charge >= 0.3 is 5.97 Å². The number of aliphatic hydroxyl groups excluding tert-OH is 4. The van der Waals surface area contributed by atoms with E-state index in [1.807, 2.05) is 53.6 Å². The Morgan fingerprint density at radius 2 is 1.64 bits per heavy atom. The van der Waals surface area contributed by atoms with Crippen LogP contribution in [0.3, 0.4) is 0 Å². The molecular weight excluding hydrogens is 650 g/mol. The normalized spacial score (nSPS) is 47.4. The molecular formula is C37H63NO12. The second-order valence-corrected chi connectivity index (χ2v) is 15.6. The van der Waals surface area contributed by atoms with Crippen LogP contribution in [0.4, 0.5) is 0 Å². The number of allylic oxidation sites excluding steroid dienone is 1. The molecule has 17 atom stereocenters. The van der Waals surface area contributed by atoms with E-state index in [1.54, 1.807) is 26.0 Å². The van der Waals surface area contributed by atoms with Crippen molar-refractivity contribution in [2.45, 2.75) is 166 Å². The van der Waals surface area contributed by atoms with Crippen molar-refractivity contribution in [1.29, 1.82) is 0 Å². The molecule has 0 unspecified atom stereocenters. The van der Waals surface area contributed by atoms with E-state index in [2.05, 4.69) is 0 Å². The molecule has 0 aromatic rings. The second kappa shape index (κ2) is 17.5. The minimum absolute atomic E-state index is 0.101. The first-order chi connectivity index (χ1) is 23.5. The summed E-state index contributed by atoms with van der Waals surface area (Å²) in [6, 6.07) is -0.583. The molecule has 50 heavy (non-hydrogen) atoms. The van der Waals surface area contributed by atoms with Gasteiger partial charge in [-0.05, 0) is 78.6 Å². The van der Waals surface area contributed by atoms with Crippen LogP contribution in [0.5, 0.6) is 0 Å². The molecule has 3 saturated heterocycles. The molecule has 0 amide bonds. The molecule has 0 aromatic heterocycles. The van der Waals surface area contributed by atoms with Crippen LogP contribution in [0.25, 0.3) is 0 Å². The van der Waals surface area contributed by atoms with Gasteiger partial charge in [-0.2, -0.15) is 0 Å². The van der Waals surface area contributed by atoms with E-state index in [-0.39, 0.29) is 37.3 Å². The molecule has 13 heteroatoms. The van der Waals surface area contributed by atoms with Gasteiger partial charge in [-0.25, -0.2) is 0 Å². The largest absolute Gasteiger partial charge is 0.462 e. The minimum Gasteiger partial charge on any atom is -0.462 e. The highest BCUT2D eigenvalue weighted by atomic mass is 16.7. The number of carbonyl (C=O) groups is 2. The lowest BCUT2D eigenvalue weighted by molar-refractivity contribution is -0.332. The quantitative estimate of drug-likeness (QED) is 0.213. The predicted molar refractivity (Wildman–Crippen MR) is 183 cm³/mol. The zero-order valence-electron chi connectivity index (χ0n) is 31.3. The molecule has 288 valence electrons. The SMILES string of the molecule is CC[C@H]1OC(=O)C[C@@H](O)[C@H](C)[C@H](O[C@H]2O[C@@H](C)[C@H](O[C@@H]3CC[C@@H](O)[C@H](C)O3)[C@@H](N(C)C)[C@@H]2O)[C@H](CCO)C[C@H](C)C(=O)/C=C/[C@]2(C)O[C@H]2[C@@H]1C. The third-order valence-electron chi connectivity index (χ3n) is 11.4. The number of ketones is 1. The highest BCUT2D eigenvalue weighted by Crippen LogP contribution is 2.45. The second-order valence-electron chi connectivity index (χ2n) is 15.6. The van der Waals surface area contributed by atoms with Crippen LogP contribution in [0.15, 0.2) is 12.2 Å². The highest BCUT2D eigenvalue weighted by Gasteiger charge is 2.55. The standard InChI is InChI=1S/C37H63NO12/c1-10-28-21(4)35-37(7,50-35)15-13-25(40)19(2)17-24(14-16-39)33(20(3)27(42)18-29(43)47-28)49-36-32(44)31(38(8)9)34(23(6)46-36)48-30-12-11-26(41)22(5)45-30/h13,15,19-24,26-28,30-36,39,41-42,44H,10-12,14,16-18H2,1-9H3/b15-13+/t19-,20-,21+,22-,23-,24+,26+,27+,28+,30+,31-,32-,33-,34-,35-,36+,37-/m0/s1. The maximum atomic E-state index is 13.4. The maximum Gasteiger partial charge on any atom is 0.308 e. The van der Waals surface area contributed by atoms with E-state index in [0.717, 1.165) is 0 Å². The number of hydrogen-bond acceptors (Lipinski definition) is 13. The summed E-state index contributed by atoms with van der Waals surface area (Å²) in [5.41, 5.74) is -0.659. The summed E-state index contributed by atoms with van der Waals surface area (Å²) in [6.45, 7) is 12.8. The Bertz CT molecular complexity index is 1150. The Balaban J connectivity index is 1.61. The Hall–Kier alpha value is -1.52. The number of aliphatic hydroxyl groups is 4. The average molecular weight is 714 g/mol. The summed E-state index contributed by atoms with van der Waals surface area (Å²) in [6.07, 6.45) is -2.60. The predicted octanol–water partition coefficient (Wildman–Crippen LogP) is 2.34. The average Bonchev–Trinajstić information content (AvgIpc) is 3.74. The molecule has 13 nitrogen and oxygen atoms in total. The lowest BCUT2D eigenvalue weighted by Crippen LogP contribution is -2.64. The fourth-order valence-corrected chi connectivity index (χ4v) is 8.06. The van der Waals surface area contributed by atoms with Crippen LogP contribution in [-0.4, -0.2) is 137 Å². The summed E-state index contributed by atoms with van der Waals surface area (Å²) in [5.74, 6) is -2.38. The van der Waals surface area contributed by atoms with E-state index in [0.29, 0.717) is 25.7 Å². The molecule has 3 fully saturated rings. The van der Waals surface area contributed by atoms with E-state index >= 15 is 0 Å². The Morgan fingerprint density at radius 1 is 0.940 bits per heavy atom. The molecule has 4 aliphatic rings. The number of rotatable bonds is 8. The van der Waals surface area contributed by atoms with Crippen LogP contribution >= 0.6 is 0 Å². The van der Waals surface area contributed by atoms with Gasteiger partial charge in [0.1, 0.15) is 23.9 Å². The molecule has 4 aliphatic heterocycles. The zero-order valence-corrected chi connectivity index (χ0v) is 31.3. The molecule has 0 radical (unpaired) electrons. The lowest BCUT2D eigenvalue weighted by Gasteiger charge is -2.49. The number of carbonyl (C=O) groups excluding carboxylic acids is 2. The van der Waals surface area contributed by atoms with Gasteiger partial charge < -0.3 is 53.7 Å². The molecule has 4 rings (SSSR count). The van der Waals surface area contributed by atoms with Gasteiger partial charge in [0.2, 0.25) is 0 Å². The Morgan fingerprint density at radius 3 is 2.26 bits per heavy atom. The van der Waals surface area contributed by atoms with Gasteiger partial charge in [0.15, 0.2) is 18.4 Å². The first kappa shape index (κ1) is 41.2. The van der Waals surface area contributed by atoms with Gasteiger partial charge in [0.25, 0.3) is 0 Å². The maximum absolute atomic E-state index is 13.4. The van der Waals surface area contributed by atoms with E-state index < -0.39 is 96.8 Å². The number of hydrogen-bond donors (Lipinski definition) is 4. The first-order valence-corrected chi connectivity index (χ1v) is 18.5. The van der Waals surface area contributed by atoms with Crippen molar-refractivity contribution in [1.82, 2.24) is 4.90 Å². The van der Waals surface area contributed by atoms with E-state index in [1.165, 1.54) is 0 Å². The fourth-order valence-electron chi connectivity index (χ4n) is 8.06. The molecule has 4 heterocycles. The third-order valence-corrected chi connectivity index (χ3v) is 11.4.